The first-order valence-corrected chi connectivity index (χ1v) is 4.83. The molecule has 70 valence electrons. The van der Waals surface area contributed by atoms with Crippen LogP contribution in [0.3, 0.4) is 0 Å². The van der Waals surface area contributed by atoms with E-state index in [4.69, 9.17) is 10.5 Å². The van der Waals surface area contributed by atoms with Gasteiger partial charge in [0, 0.05) is 6.04 Å². The average Bonchev–Trinajstić information content (AvgIpc) is 2.54. The van der Waals surface area contributed by atoms with Gasteiger partial charge in [-0.3, -0.25) is 0 Å². The number of para-hydroxylation sites is 1. The molecular weight excluding hydrogens is 162 g/mol. The lowest BCUT2D eigenvalue weighted by Gasteiger charge is -2.17. The van der Waals surface area contributed by atoms with Gasteiger partial charge < -0.3 is 10.5 Å². The van der Waals surface area contributed by atoms with Crippen molar-refractivity contribution in [1.82, 2.24) is 0 Å². The number of hydrogen-bond acceptors (Lipinski definition) is 2. The SMILES string of the molecule is N[C@H]1CCC[C@@H]1Oc1ccccc1. The second kappa shape index (κ2) is 3.79. The number of hydrogen-bond donors (Lipinski definition) is 1. The Bertz CT molecular complexity index is 260. The van der Waals surface area contributed by atoms with Crippen molar-refractivity contribution in [1.29, 1.82) is 0 Å². The third-order valence-electron chi connectivity index (χ3n) is 2.53. The Hall–Kier alpha value is -1.02. The molecular formula is C11H15NO. The number of nitrogens with two attached hydrogens (primary N) is 1. The Morgan fingerprint density at radius 3 is 2.54 bits per heavy atom. The predicted octanol–water partition coefficient (Wildman–Crippen LogP) is 1.95. The summed E-state index contributed by atoms with van der Waals surface area (Å²) in [6, 6.07) is 10.1. The Kier molecular flexibility index (Phi) is 2.50. The summed E-state index contributed by atoms with van der Waals surface area (Å²) in [5.41, 5.74) is 5.90. The molecule has 0 saturated heterocycles. The summed E-state index contributed by atoms with van der Waals surface area (Å²) in [5, 5.41) is 0. The van der Waals surface area contributed by atoms with Crippen LogP contribution in [0.2, 0.25) is 0 Å². The van der Waals surface area contributed by atoms with Crippen LogP contribution < -0.4 is 10.5 Å². The van der Waals surface area contributed by atoms with Crippen molar-refractivity contribution in [3.8, 4) is 5.75 Å². The van der Waals surface area contributed by atoms with Crippen molar-refractivity contribution < 1.29 is 4.74 Å². The third-order valence-corrected chi connectivity index (χ3v) is 2.53. The molecule has 13 heavy (non-hydrogen) atoms. The topological polar surface area (TPSA) is 35.2 Å². The van der Waals surface area contributed by atoms with Gasteiger partial charge in [0.15, 0.2) is 0 Å². The zero-order chi connectivity index (χ0) is 9.10. The summed E-state index contributed by atoms with van der Waals surface area (Å²) >= 11 is 0. The van der Waals surface area contributed by atoms with Gasteiger partial charge in [-0.05, 0) is 31.4 Å². The van der Waals surface area contributed by atoms with E-state index in [1.807, 2.05) is 30.3 Å². The van der Waals surface area contributed by atoms with Gasteiger partial charge in [0.25, 0.3) is 0 Å². The second-order valence-corrected chi connectivity index (χ2v) is 3.56. The van der Waals surface area contributed by atoms with Crippen molar-refractivity contribution in [3.05, 3.63) is 30.3 Å². The molecule has 2 nitrogen and oxygen atoms in total. The number of benzene rings is 1. The Balaban J connectivity index is 1.98. The van der Waals surface area contributed by atoms with E-state index in [0.29, 0.717) is 0 Å². The molecule has 1 saturated carbocycles. The molecule has 1 aromatic rings. The minimum atomic E-state index is 0.222. The molecule has 2 atom stereocenters. The molecule has 0 aromatic heterocycles. The van der Waals surface area contributed by atoms with Crippen LogP contribution in [0.15, 0.2) is 30.3 Å². The molecule has 2 rings (SSSR count). The maximum Gasteiger partial charge on any atom is 0.119 e. The monoisotopic (exact) mass is 177 g/mol. The Labute approximate surface area is 78.7 Å². The molecule has 0 radical (unpaired) electrons. The molecule has 1 aromatic carbocycles. The lowest BCUT2D eigenvalue weighted by atomic mass is 10.2. The molecule has 0 heterocycles. The summed E-state index contributed by atoms with van der Waals surface area (Å²) in [6.07, 6.45) is 3.61. The van der Waals surface area contributed by atoms with Gasteiger partial charge >= 0.3 is 0 Å². The highest BCUT2D eigenvalue weighted by Crippen LogP contribution is 2.22. The Morgan fingerprint density at radius 1 is 1.15 bits per heavy atom. The highest BCUT2D eigenvalue weighted by atomic mass is 16.5. The number of rotatable bonds is 2. The van der Waals surface area contributed by atoms with Gasteiger partial charge in [-0.2, -0.15) is 0 Å². The molecule has 2 heteroatoms. The quantitative estimate of drug-likeness (QED) is 0.749. The van der Waals surface area contributed by atoms with E-state index in [9.17, 15) is 0 Å². The van der Waals surface area contributed by atoms with E-state index in [-0.39, 0.29) is 12.1 Å². The van der Waals surface area contributed by atoms with Crippen molar-refractivity contribution in [2.24, 2.45) is 5.73 Å². The molecule has 0 unspecified atom stereocenters. The van der Waals surface area contributed by atoms with Crippen molar-refractivity contribution >= 4 is 0 Å². The van der Waals surface area contributed by atoms with Gasteiger partial charge in [0.1, 0.15) is 11.9 Å². The number of ether oxygens (including phenoxy) is 1. The summed E-state index contributed by atoms with van der Waals surface area (Å²) < 4.78 is 5.76. The smallest absolute Gasteiger partial charge is 0.119 e. The minimum Gasteiger partial charge on any atom is -0.489 e. The van der Waals surface area contributed by atoms with E-state index in [2.05, 4.69) is 0 Å². The van der Waals surface area contributed by atoms with Crippen molar-refractivity contribution in [2.45, 2.75) is 31.4 Å². The van der Waals surface area contributed by atoms with E-state index in [1.54, 1.807) is 0 Å². The fourth-order valence-electron chi connectivity index (χ4n) is 1.77. The normalized spacial score (nSPS) is 27.5. The zero-order valence-corrected chi connectivity index (χ0v) is 7.65. The molecule has 1 fully saturated rings. The van der Waals surface area contributed by atoms with E-state index < -0.39 is 0 Å². The summed E-state index contributed by atoms with van der Waals surface area (Å²) in [4.78, 5) is 0. The lowest BCUT2D eigenvalue weighted by molar-refractivity contribution is 0.191. The van der Waals surface area contributed by atoms with Gasteiger partial charge in [-0.25, -0.2) is 0 Å². The molecule has 1 aliphatic carbocycles. The zero-order valence-electron chi connectivity index (χ0n) is 7.65. The van der Waals surface area contributed by atoms with Crippen LogP contribution in [0.1, 0.15) is 19.3 Å². The van der Waals surface area contributed by atoms with Crippen LogP contribution in [0.25, 0.3) is 0 Å². The van der Waals surface area contributed by atoms with E-state index in [0.717, 1.165) is 18.6 Å². The molecule has 2 N–H and O–H groups in total. The third kappa shape index (κ3) is 2.01. The fourth-order valence-corrected chi connectivity index (χ4v) is 1.77. The highest BCUT2D eigenvalue weighted by molar-refractivity contribution is 5.21. The average molecular weight is 177 g/mol. The van der Waals surface area contributed by atoms with Crippen LogP contribution in [-0.2, 0) is 0 Å². The van der Waals surface area contributed by atoms with Crippen LogP contribution in [0.4, 0.5) is 0 Å². The van der Waals surface area contributed by atoms with Gasteiger partial charge in [0.2, 0.25) is 0 Å². The first-order chi connectivity index (χ1) is 6.36. The fraction of sp³-hybridized carbons (Fsp3) is 0.455. The first kappa shape index (κ1) is 8.57. The van der Waals surface area contributed by atoms with E-state index >= 15 is 0 Å². The van der Waals surface area contributed by atoms with E-state index in [1.165, 1.54) is 6.42 Å². The molecule has 0 aliphatic heterocycles. The van der Waals surface area contributed by atoms with Crippen molar-refractivity contribution in [3.63, 3.8) is 0 Å². The highest BCUT2D eigenvalue weighted by Gasteiger charge is 2.25. The summed E-state index contributed by atoms with van der Waals surface area (Å²) in [6.45, 7) is 0. The van der Waals surface area contributed by atoms with Crippen LogP contribution in [0.5, 0.6) is 5.75 Å². The maximum atomic E-state index is 5.90. The van der Waals surface area contributed by atoms with Crippen LogP contribution in [-0.4, -0.2) is 12.1 Å². The Morgan fingerprint density at radius 2 is 1.92 bits per heavy atom. The predicted molar refractivity (Wildman–Crippen MR) is 52.7 cm³/mol. The van der Waals surface area contributed by atoms with Crippen LogP contribution >= 0.6 is 0 Å². The minimum absolute atomic E-state index is 0.222. The maximum absolute atomic E-state index is 5.90. The van der Waals surface area contributed by atoms with Gasteiger partial charge in [-0.1, -0.05) is 18.2 Å². The molecule has 0 spiro atoms. The molecule has 0 bridgehead atoms. The summed E-state index contributed by atoms with van der Waals surface area (Å²) in [7, 11) is 0. The molecule has 1 aliphatic rings. The van der Waals surface area contributed by atoms with Gasteiger partial charge in [-0.15, -0.1) is 0 Å². The second-order valence-electron chi connectivity index (χ2n) is 3.56. The standard InChI is InChI=1S/C11H15NO/c12-10-7-4-8-11(10)13-9-5-2-1-3-6-9/h1-3,5-6,10-11H,4,7-8,12H2/t10-,11-/m0/s1. The first-order valence-electron chi connectivity index (χ1n) is 4.83. The van der Waals surface area contributed by atoms with Gasteiger partial charge in [0.05, 0.1) is 0 Å². The van der Waals surface area contributed by atoms with Crippen LogP contribution in [0, 0.1) is 0 Å². The molecule has 0 amide bonds. The lowest BCUT2D eigenvalue weighted by Crippen LogP contribution is -2.33. The largest absolute Gasteiger partial charge is 0.489 e. The van der Waals surface area contributed by atoms with Crippen molar-refractivity contribution in [2.75, 3.05) is 0 Å². The summed E-state index contributed by atoms with van der Waals surface area (Å²) in [5.74, 6) is 0.935.